The highest BCUT2D eigenvalue weighted by molar-refractivity contribution is 7.47. The minimum atomic E-state index is -4.35. The van der Waals surface area contributed by atoms with Crippen molar-refractivity contribution in [1.82, 2.24) is 5.32 Å². The third kappa shape index (κ3) is 52.5. The maximum Gasteiger partial charge on any atom is 0.472 e. The SMILES string of the molecule is CCCCCC/C=C\C/C=C\CCCCCCCCCC(=O)NC(COP(=O)(O)OCC[N+](C)(C)C)C(O)/C=C/CCCCCCCCCCCCCCCCCCCCCCCCCCCC. The zero-order valence-corrected chi connectivity index (χ0v) is 46.8. The zero-order chi connectivity index (χ0) is 49.9. The first-order valence-electron chi connectivity index (χ1n) is 29.4. The fourth-order valence-electron chi connectivity index (χ4n) is 8.72. The molecule has 3 unspecified atom stereocenters. The molecule has 8 nitrogen and oxygen atoms in total. The van der Waals surface area contributed by atoms with E-state index >= 15 is 0 Å². The summed E-state index contributed by atoms with van der Waals surface area (Å²) >= 11 is 0. The largest absolute Gasteiger partial charge is 0.472 e. The van der Waals surface area contributed by atoms with Gasteiger partial charge in [-0.15, -0.1) is 0 Å². The number of allylic oxidation sites excluding steroid dienone is 5. The van der Waals surface area contributed by atoms with Crippen molar-refractivity contribution in [2.45, 2.75) is 296 Å². The molecule has 9 heteroatoms. The van der Waals surface area contributed by atoms with Crippen molar-refractivity contribution in [3.8, 4) is 0 Å². The first kappa shape index (κ1) is 66.7. The minimum Gasteiger partial charge on any atom is -0.387 e. The number of unbranched alkanes of at least 4 members (excludes halogenated alkanes) is 37. The first-order valence-corrected chi connectivity index (χ1v) is 30.9. The molecule has 0 bridgehead atoms. The third-order valence-corrected chi connectivity index (χ3v) is 14.3. The number of aliphatic hydroxyl groups excluding tert-OH is 1. The van der Waals surface area contributed by atoms with Crippen molar-refractivity contribution < 1.29 is 32.9 Å². The van der Waals surface area contributed by atoms with Crippen LogP contribution >= 0.6 is 7.82 Å². The number of aliphatic hydroxyl groups is 1. The van der Waals surface area contributed by atoms with Gasteiger partial charge in [-0.25, -0.2) is 4.57 Å². The van der Waals surface area contributed by atoms with Gasteiger partial charge in [-0.2, -0.15) is 0 Å². The Labute approximate surface area is 423 Å². The van der Waals surface area contributed by atoms with Crippen molar-refractivity contribution in [2.75, 3.05) is 40.9 Å². The Hall–Kier alpha value is -1.28. The molecule has 0 aromatic heterocycles. The lowest BCUT2D eigenvalue weighted by Crippen LogP contribution is -2.45. The van der Waals surface area contributed by atoms with Crippen molar-refractivity contribution in [3.05, 3.63) is 36.5 Å². The van der Waals surface area contributed by atoms with Crippen molar-refractivity contribution in [2.24, 2.45) is 0 Å². The van der Waals surface area contributed by atoms with Crippen LogP contribution in [0.15, 0.2) is 36.5 Å². The molecular formula is C59H116N2O6P+. The van der Waals surface area contributed by atoms with Crippen molar-refractivity contribution >= 4 is 13.7 Å². The number of amides is 1. The Morgan fingerprint density at radius 1 is 0.500 bits per heavy atom. The molecule has 0 aliphatic rings. The summed E-state index contributed by atoms with van der Waals surface area (Å²) < 4.78 is 23.7. The highest BCUT2D eigenvalue weighted by atomic mass is 31.2. The Morgan fingerprint density at radius 3 is 1.22 bits per heavy atom. The van der Waals surface area contributed by atoms with E-state index in [1.807, 2.05) is 27.2 Å². The highest BCUT2D eigenvalue weighted by Gasteiger charge is 2.27. The monoisotopic (exact) mass is 980 g/mol. The third-order valence-electron chi connectivity index (χ3n) is 13.4. The summed E-state index contributed by atoms with van der Waals surface area (Å²) in [6.45, 7) is 4.83. The van der Waals surface area contributed by atoms with Gasteiger partial charge in [0.25, 0.3) is 0 Å². The molecule has 0 heterocycles. The molecule has 3 atom stereocenters. The molecule has 1 amide bonds. The summed E-state index contributed by atoms with van der Waals surface area (Å²) in [6.07, 6.45) is 65.3. The first-order chi connectivity index (χ1) is 33.0. The number of hydrogen-bond acceptors (Lipinski definition) is 5. The number of nitrogens with zero attached hydrogens (tertiary/aromatic N) is 1. The number of hydrogen-bond donors (Lipinski definition) is 3. The summed E-state index contributed by atoms with van der Waals surface area (Å²) in [6, 6.07) is -0.851. The van der Waals surface area contributed by atoms with Crippen LogP contribution in [0.1, 0.15) is 284 Å². The second-order valence-corrected chi connectivity index (χ2v) is 22.8. The normalized spacial score (nSPS) is 14.2. The molecule has 0 saturated carbocycles. The van der Waals surface area contributed by atoms with E-state index in [-0.39, 0.29) is 19.1 Å². The highest BCUT2D eigenvalue weighted by Crippen LogP contribution is 2.43. The van der Waals surface area contributed by atoms with Crippen LogP contribution < -0.4 is 5.32 Å². The lowest BCUT2D eigenvalue weighted by molar-refractivity contribution is -0.870. The number of likely N-dealkylation sites (N-methyl/N-ethyl adjacent to an activating group) is 1. The number of nitrogens with one attached hydrogen (secondary N) is 1. The van der Waals surface area contributed by atoms with Crippen LogP contribution in [0, 0.1) is 0 Å². The number of carbonyl (C=O) groups is 1. The van der Waals surface area contributed by atoms with E-state index in [2.05, 4.69) is 43.5 Å². The Bertz CT molecular complexity index is 1200. The van der Waals surface area contributed by atoms with Gasteiger partial charge < -0.3 is 19.8 Å². The quantitative estimate of drug-likeness (QED) is 0.0243. The van der Waals surface area contributed by atoms with Crippen LogP contribution in [0.2, 0.25) is 0 Å². The van der Waals surface area contributed by atoms with Crippen molar-refractivity contribution in [1.29, 1.82) is 0 Å². The molecule has 402 valence electrons. The lowest BCUT2D eigenvalue weighted by Gasteiger charge is -2.25. The molecule has 3 N–H and O–H groups in total. The molecule has 0 spiro atoms. The van der Waals surface area contributed by atoms with Gasteiger partial charge in [0.1, 0.15) is 13.2 Å². The zero-order valence-electron chi connectivity index (χ0n) is 45.9. The Morgan fingerprint density at radius 2 is 0.838 bits per heavy atom. The van der Waals surface area contributed by atoms with Crippen LogP contribution in [0.3, 0.4) is 0 Å². The van der Waals surface area contributed by atoms with Gasteiger partial charge in [-0.3, -0.25) is 13.8 Å². The average molecular weight is 981 g/mol. The fraction of sp³-hybridized carbons (Fsp3) is 0.881. The van der Waals surface area contributed by atoms with Crippen LogP contribution in [0.5, 0.6) is 0 Å². The molecular weight excluding hydrogens is 864 g/mol. The smallest absolute Gasteiger partial charge is 0.387 e. The summed E-state index contributed by atoms with van der Waals surface area (Å²) in [7, 11) is 1.57. The molecule has 0 aromatic carbocycles. The van der Waals surface area contributed by atoms with Gasteiger partial charge >= 0.3 is 7.82 Å². The van der Waals surface area contributed by atoms with E-state index in [0.29, 0.717) is 17.4 Å². The number of quaternary nitrogens is 1. The topological polar surface area (TPSA) is 105 Å². The van der Waals surface area contributed by atoms with Gasteiger partial charge in [-0.05, 0) is 51.4 Å². The second-order valence-electron chi connectivity index (χ2n) is 21.4. The van der Waals surface area contributed by atoms with Crippen molar-refractivity contribution in [3.63, 3.8) is 0 Å². The molecule has 0 aromatic rings. The van der Waals surface area contributed by atoms with Gasteiger partial charge in [-0.1, -0.05) is 262 Å². The lowest BCUT2D eigenvalue weighted by atomic mass is 10.0. The second kappa shape index (κ2) is 50.7. The number of carbonyl (C=O) groups excluding carboxylic acids is 1. The van der Waals surface area contributed by atoms with Gasteiger partial charge in [0.15, 0.2) is 0 Å². The molecule has 0 saturated heterocycles. The molecule has 68 heavy (non-hydrogen) atoms. The van der Waals surface area contributed by atoms with Crippen LogP contribution in [-0.4, -0.2) is 73.4 Å². The van der Waals surface area contributed by atoms with E-state index in [0.717, 1.165) is 51.4 Å². The molecule has 0 aliphatic carbocycles. The molecule has 0 rings (SSSR count). The molecule has 0 aliphatic heterocycles. The van der Waals surface area contributed by atoms with Gasteiger partial charge in [0.2, 0.25) is 5.91 Å². The van der Waals surface area contributed by atoms with E-state index in [9.17, 15) is 19.4 Å². The van der Waals surface area contributed by atoms with E-state index < -0.39 is 20.0 Å². The molecule has 0 radical (unpaired) electrons. The summed E-state index contributed by atoms with van der Waals surface area (Å²) in [5, 5.41) is 13.9. The van der Waals surface area contributed by atoms with E-state index in [1.54, 1.807) is 6.08 Å². The van der Waals surface area contributed by atoms with Gasteiger partial charge in [0.05, 0.1) is 39.9 Å². The summed E-state index contributed by atoms with van der Waals surface area (Å²) in [4.78, 5) is 23.3. The van der Waals surface area contributed by atoms with Gasteiger partial charge in [0, 0.05) is 6.42 Å². The van der Waals surface area contributed by atoms with Crippen LogP contribution in [-0.2, 0) is 18.4 Å². The summed E-state index contributed by atoms with van der Waals surface area (Å²) in [5.74, 6) is -0.182. The van der Waals surface area contributed by atoms with E-state index in [1.165, 1.54) is 212 Å². The summed E-state index contributed by atoms with van der Waals surface area (Å²) in [5.41, 5.74) is 0. The maximum atomic E-state index is 13.0. The molecule has 0 fully saturated rings. The predicted molar refractivity (Wildman–Crippen MR) is 295 cm³/mol. The van der Waals surface area contributed by atoms with E-state index in [4.69, 9.17) is 9.05 Å². The maximum absolute atomic E-state index is 13.0. The number of phosphoric acid groups is 1. The van der Waals surface area contributed by atoms with Crippen LogP contribution in [0.4, 0.5) is 0 Å². The minimum absolute atomic E-state index is 0.0601. The Balaban J connectivity index is 4.17. The number of rotatable bonds is 54. The number of phosphoric ester groups is 1. The standard InChI is InChI=1S/C59H115N2O6P/c1-6-8-10-12-14-16-18-20-22-24-26-27-28-29-30-31-32-33-34-35-36-38-40-42-44-46-48-50-52-58(62)57(56-67-68(64,65)66-55-54-61(3,4)5)60-59(63)53-51-49-47-45-43-41-39-37-25-23-21-19-17-15-13-11-9-7-2/h17,19,23,25,50,52,57-58,62H,6-16,18,20-22,24,26-49,51,53-56H2,1-5H3,(H-,60,63,64,65)/p+1/b19-17-,25-23-,52-50+. The fourth-order valence-corrected chi connectivity index (χ4v) is 9.46. The van der Waals surface area contributed by atoms with Crippen LogP contribution in [0.25, 0.3) is 0 Å². The Kier molecular flexibility index (Phi) is 49.7. The average Bonchev–Trinajstić information content (AvgIpc) is 3.30. The predicted octanol–water partition coefficient (Wildman–Crippen LogP) is 17.8.